The molecule has 0 bridgehead atoms. The van der Waals surface area contributed by atoms with Crippen molar-refractivity contribution in [3.63, 3.8) is 0 Å². The van der Waals surface area contributed by atoms with E-state index in [1.165, 1.54) is 24.9 Å². The molecule has 2 aliphatic rings. The minimum absolute atomic E-state index is 0.664. The third-order valence-corrected chi connectivity index (χ3v) is 4.72. The molecule has 0 radical (unpaired) electrons. The zero-order chi connectivity index (χ0) is 11.8. The van der Waals surface area contributed by atoms with Gasteiger partial charge >= 0.3 is 0 Å². The third-order valence-electron chi connectivity index (χ3n) is 3.51. The maximum Gasteiger partial charge on any atom is 0.0549 e. The lowest BCUT2D eigenvalue weighted by atomic mass is 10.2. The molecule has 0 amide bonds. The lowest BCUT2D eigenvalue weighted by molar-refractivity contribution is 0.548. The largest absolute Gasteiger partial charge is 0.370 e. The molecule has 17 heavy (non-hydrogen) atoms. The molecule has 1 aromatic rings. The van der Waals surface area contributed by atoms with E-state index in [9.17, 15) is 0 Å². The van der Waals surface area contributed by atoms with Crippen LogP contribution in [0.15, 0.2) is 22.7 Å². The van der Waals surface area contributed by atoms with Crippen molar-refractivity contribution in [2.75, 3.05) is 18.0 Å². The summed E-state index contributed by atoms with van der Waals surface area (Å²) in [5.74, 6) is 0. The summed E-state index contributed by atoms with van der Waals surface area (Å²) in [4.78, 5) is 2.43. The Bertz CT molecular complexity index is 420. The third kappa shape index (κ3) is 2.78. The molecule has 1 heterocycles. The summed E-state index contributed by atoms with van der Waals surface area (Å²) in [6.45, 7) is 2.25. The monoisotopic (exact) mass is 314 g/mol. The molecule has 0 aromatic heterocycles. The van der Waals surface area contributed by atoms with Crippen LogP contribution in [0.1, 0.15) is 19.3 Å². The molecule has 1 aliphatic heterocycles. The number of anilines is 1. The van der Waals surface area contributed by atoms with Crippen LogP contribution in [0.4, 0.5) is 5.69 Å². The number of hydrogen-bond donors (Lipinski definition) is 1. The second-order valence-corrected chi connectivity index (χ2v) is 6.23. The number of nitrogens with one attached hydrogen (secondary N) is 1. The van der Waals surface area contributed by atoms with Gasteiger partial charge in [0.15, 0.2) is 0 Å². The normalized spacial score (nSPS) is 24.4. The molecule has 1 aliphatic carbocycles. The van der Waals surface area contributed by atoms with Gasteiger partial charge in [0.05, 0.1) is 5.02 Å². The van der Waals surface area contributed by atoms with Crippen LogP contribution in [-0.4, -0.2) is 25.2 Å². The van der Waals surface area contributed by atoms with Gasteiger partial charge in [-0.25, -0.2) is 0 Å². The van der Waals surface area contributed by atoms with Crippen LogP contribution in [0.3, 0.4) is 0 Å². The molecule has 3 rings (SSSR count). The van der Waals surface area contributed by atoms with Gasteiger partial charge in [-0.05, 0) is 53.4 Å². The van der Waals surface area contributed by atoms with Crippen LogP contribution in [0.25, 0.3) is 0 Å². The Labute approximate surface area is 115 Å². The molecular weight excluding hydrogens is 300 g/mol. The van der Waals surface area contributed by atoms with Crippen molar-refractivity contribution in [1.29, 1.82) is 0 Å². The van der Waals surface area contributed by atoms with Crippen molar-refractivity contribution in [2.45, 2.75) is 31.3 Å². The van der Waals surface area contributed by atoms with Gasteiger partial charge in [0, 0.05) is 35.3 Å². The highest BCUT2D eigenvalue weighted by Gasteiger charge is 2.29. The summed E-state index contributed by atoms with van der Waals surface area (Å²) in [5, 5.41) is 4.48. The first-order chi connectivity index (χ1) is 8.22. The molecule has 2 fully saturated rings. The van der Waals surface area contributed by atoms with E-state index in [-0.39, 0.29) is 0 Å². The fraction of sp³-hybridized carbons (Fsp3) is 0.538. The summed E-state index contributed by atoms with van der Waals surface area (Å²) >= 11 is 9.50. The van der Waals surface area contributed by atoms with E-state index in [2.05, 4.69) is 38.3 Å². The predicted molar refractivity (Wildman–Crippen MR) is 75.9 cm³/mol. The topological polar surface area (TPSA) is 15.3 Å². The molecule has 1 atom stereocenters. The lowest BCUT2D eigenvalue weighted by Crippen LogP contribution is -2.33. The number of nitrogens with zero attached hydrogens (tertiary/aromatic N) is 1. The van der Waals surface area contributed by atoms with Gasteiger partial charge in [-0.3, -0.25) is 0 Å². The molecule has 1 N–H and O–H groups in total. The number of halogens is 2. The molecule has 0 spiro atoms. The van der Waals surface area contributed by atoms with Crippen molar-refractivity contribution < 1.29 is 0 Å². The Morgan fingerprint density at radius 1 is 1.24 bits per heavy atom. The van der Waals surface area contributed by atoms with Crippen molar-refractivity contribution in [1.82, 2.24) is 5.32 Å². The van der Waals surface area contributed by atoms with Gasteiger partial charge in [0.25, 0.3) is 0 Å². The van der Waals surface area contributed by atoms with E-state index >= 15 is 0 Å². The number of rotatable bonds is 3. The Hall–Kier alpha value is -0.250. The van der Waals surface area contributed by atoms with E-state index in [1.54, 1.807) is 0 Å². The maximum atomic E-state index is 6.02. The van der Waals surface area contributed by atoms with Gasteiger partial charge in [0.2, 0.25) is 0 Å². The molecule has 1 unspecified atom stereocenters. The second-order valence-electron chi connectivity index (χ2n) is 4.97. The first-order valence-corrected chi connectivity index (χ1v) is 7.35. The van der Waals surface area contributed by atoms with Crippen molar-refractivity contribution in [3.05, 3.63) is 27.7 Å². The average molecular weight is 316 g/mol. The minimum atomic E-state index is 0.664. The van der Waals surface area contributed by atoms with E-state index in [1.807, 2.05) is 6.07 Å². The Morgan fingerprint density at radius 2 is 2.06 bits per heavy atom. The van der Waals surface area contributed by atoms with Crippen molar-refractivity contribution in [3.8, 4) is 0 Å². The Kier molecular flexibility index (Phi) is 3.33. The van der Waals surface area contributed by atoms with E-state index in [4.69, 9.17) is 11.6 Å². The quantitative estimate of drug-likeness (QED) is 0.919. The van der Waals surface area contributed by atoms with Gasteiger partial charge in [-0.1, -0.05) is 11.6 Å². The Balaban J connectivity index is 1.66. The highest BCUT2D eigenvalue weighted by Crippen LogP contribution is 2.30. The molecule has 4 heteroatoms. The van der Waals surface area contributed by atoms with Crippen molar-refractivity contribution >= 4 is 33.2 Å². The summed E-state index contributed by atoms with van der Waals surface area (Å²) < 4.78 is 0.982. The van der Waals surface area contributed by atoms with Crippen LogP contribution >= 0.6 is 27.5 Å². The highest BCUT2D eigenvalue weighted by atomic mass is 79.9. The smallest absolute Gasteiger partial charge is 0.0549 e. The van der Waals surface area contributed by atoms with E-state index < -0.39 is 0 Å². The molecular formula is C13H16BrClN2. The molecule has 92 valence electrons. The fourth-order valence-corrected chi connectivity index (χ4v) is 2.88. The van der Waals surface area contributed by atoms with Crippen LogP contribution in [0, 0.1) is 0 Å². The second kappa shape index (κ2) is 4.79. The predicted octanol–water partition coefficient (Wildman–Crippen LogP) is 3.43. The highest BCUT2D eigenvalue weighted by molar-refractivity contribution is 9.10. The average Bonchev–Trinajstić information content (AvgIpc) is 2.99. The van der Waals surface area contributed by atoms with Crippen LogP contribution in [-0.2, 0) is 0 Å². The van der Waals surface area contributed by atoms with E-state index in [0.717, 1.165) is 28.6 Å². The van der Waals surface area contributed by atoms with Gasteiger partial charge in [-0.15, -0.1) is 0 Å². The molecule has 1 saturated heterocycles. The first-order valence-electron chi connectivity index (χ1n) is 6.18. The minimum Gasteiger partial charge on any atom is -0.370 e. The van der Waals surface area contributed by atoms with Crippen LogP contribution < -0.4 is 10.2 Å². The van der Waals surface area contributed by atoms with Gasteiger partial charge in [-0.2, -0.15) is 0 Å². The summed E-state index contributed by atoms with van der Waals surface area (Å²) in [7, 11) is 0. The van der Waals surface area contributed by atoms with Crippen LogP contribution in [0.5, 0.6) is 0 Å². The standard InChI is InChI=1S/C13H16BrClN2/c14-12-7-11(3-4-13(12)15)17-6-5-10(8-17)16-9-1-2-9/h3-4,7,9-10,16H,1-2,5-6,8H2. The SMILES string of the molecule is Clc1ccc(N2CCC(NC3CC3)C2)cc1Br. The van der Waals surface area contributed by atoms with Gasteiger partial charge < -0.3 is 10.2 Å². The maximum absolute atomic E-state index is 6.02. The summed E-state index contributed by atoms with van der Waals surface area (Å²) in [5.41, 5.74) is 1.27. The number of benzene rings is 1. The van der Waals surface area contributed by atoms with Crippen LogP contribution in [0.2, 0.25) is 5.02 Å². The first kappa shape index (κ1) is 11.8. The fourth-order valence-electron chi connectivity index (χ4n) is 2.40. The van der Waals surface area contributed by atoms with Crippen molar-refractivity contribution in [2.24, 2.45) is 0 Å². The molecule has 1 aromatic carbocycles. The molecule has 1 saturated carbocycles. The lowest BCUT2D eigenvalue weighted by Gasteiger charge is -2.19. The zero-order valence-corrected chi connectivity index (χ0v) is 12.0. The Morgan fingerprint density at radius 3 is 2.76 bits per heavy atom. The van der Waals surface area contributed by atoms with Gasteiger partial charge in [0.1, 0.15) is 0 Å². The number of hydrogen-bond acceptors (Lipinski definition) is 2. The van der Waals surface area contributed by atoms with E-state index in [0.29, 0.717) is 6.04 Å². The summed E-state index contributed by atoms with van der Waals surface area (Å²) in [6, 6.07) is 7.64. The summed E-state index contributed by atoms with van der Waals surface area (Å²) in [6.07, 6.45) is 3.97. The molecule has 2 nitrogen and oxygen atoms in total. The zero-order valence-electron chi connectivity index (χ0n) is 9.63.